The van der Waals surface area contributed by atoms with Gasteiger partial charge in [0, 0.05) is 25.5 Å². The molecule has 23 heavy (non-hydrogen) atoms. The number of nitrogens with zero attached hydrogens (tertiary/aromatic N) is 1. The molecule has 0 aliphatic carbocycles. The van der Waals surface area contributed by atoms with Gasteiger partial charge in [-0.25, -0.2) is 0 Å². The van der Waals surface area contributed by atoms with E-state index >= 15 is 0 Å². The Morgan fingerprint density at radius 3 is 2.74 bits per heavy atom. The molecule has 2 heterocycles. The minimum absolute atomic E-state index is 0.241. The lowest BCUT2D eigenvalue weighted by Crippen LogP contribution is -2.51. The van der Waals surface area contributed by atoms with Crippen molar-refractivity contribution in [3.63, 3.8) is 0 Å². The summed E-state index contributed by atoms with van der Waals surface area (Å²) in [5.41, 5.74) is 2.21. The van der Waals surface area contributed by atoms with Crippen LogP contribution in [0.15, 0.2) is 41.8 Å². The van der Waals surface area contributed by atoms with E-state index in [-0.39, 0.29) is 11.3 Å². The number of nitrogens with one attached hydrogen (secondary N) is 1. The zero-order valence-corrected chi connectivity index (χ0v) is 14.7. The summed E-state index contributed by atoms with van der Waals surface area (Å²) in [7, 11) is 3.73. The average Bonchev–Trinajstić information content (AvgIpc) is 3.09. The Hall–Kier alpha value is -1.65. The Bertz CT molecular complexity index is 658. The van der Waals surface area contributed by atoms with E-state index in [9.17, 15) is 4.79 Å². The van der Waals surface area contributed by atoms with Crippen LogP contribution in [0, 0.1) is 5.41 Å². The molecular weight excluding hydrogens is 304 g/mol. The quantitative estimate of drug-likeness (QED) is 0.933. The zero-order valence-electron chi connectivity index (χ0n) is 13.8. The Morgan fingerprint density at radius 2 is 2.09 bits per heavy atom. The van der Waals surface area contributed by atoms with Gasteiger partial charge in [0.1, 0.15) is 0 Å². The first-order valence-electron chi connectivity index (χ1n) is 8.17. The van der Waals surface area contributed by atoms with E-state index in [1.807, 2.05) is 14.1 Å². The summed E-state index contributed by atoms with van der Waals surface area (Å²) in [6.45, 7) is 1.78. The first-order chi connectivity index (χ1) is 11.1. The number of carbonyl (C=O) groups excluding carboxylic acids is 1. The van der Waals surface area contributed by atoms with Crippen molar-refractivity contribution in [3.8, 4) is 10.4 Å². The summed E-state index contributed by atoms with van der Waals surface area (Å²) in [6.07, 6.45) is 2.81. The molecule has 1 N–H and O–H groups in total. The van der Waals surface area contributed by atoms with Gasteiger partial charge in [-0.15, -0.1) is 11.3 Å². The second-order valence-corrected chi connectivity index (χ2v) is 7.52. The van der Waals surface area contributed by atoms with Crippen molar-refractivity contribution < 1.29 is 4.79 Å². The van der Waals surface area contributed by atoms with Gasteiger partial charge in [0.05, 0.1) is 5.41 Å². The highest BCUT2D eigenvalue weighted by Crippen LogP contribution is 2.36. The van der Waals surface area contributed by atoms with E-state index < -0.39 is 0 Å². The molecule has 3 nitrogen and oxygen atoms in total. The smallest absolute Gasteiger partial charge is 0.229 e. The third kappa shape index (κ3) is 3.33. The molecule has 1 aromatic heterocycles. The largest absolute Gasteiger partial charge is 0.348 e. The molecule has 1 fully saturated rings. The van der Waals surface area contributed by atoms with Gasteiger partial charge < -0.3 is 10.2 Å². The number of thiophene rings is 1. The molecule has 1 amide bonds. The number of piperidine rings is 1. The van der Waals surface area contributed by atoms with Gasteiger partial charge >= 0.3 is 0 Å². The highest BCUT2D eigenvalue weighted by Gasteiger charge is 2.41. The number of hydrogen-bond acceptors (Lipinski definition) is 3. The second kappa shape index (κ2) is 6.85. The van der Waals surface area contributed by atoms with Crippen LogP contribution in [0.5, 0.6) is 0 Å². The molecule has 1 aliphatic heterocycles. The summed E-state index contributed by atoms with van der Waals surface area (Å²) in [5, 5.41) is 5.55. The topological polar surface area (TPSA) is 32.3 Å². The van der Waals surface area contributed by atoms with Crippen LogP contribution in [-0.2, 0) is 11.2 Å². The molecule has 1 unspecified atom stereocenters. The number of rotatable bonds is 4. The van der Waals surface area contributed by atoms with Gasteiger partial charge in [-0.3, -0.25) is 4.79 Å². The van der Waals surface area contributed by atoms with Crippen LogP contribution in [0.2, 0.25) is 0 Å². The minimum atomic E-state index is -0.324. The predicted molar refractivity (Wildman–Crippen MR) is 96.7 cm³/mol. The second-order valence-electron chi connectivity index (χ2n) is 6.57. The van der Waals surface area contributed by atoms with Crippen LogP contribution in [0.25, 0.3) is 10.4 Å². The van der Waals surface area contributed by atoms with E-state index in [1.54, 1.807) is 16.2 Å². The van der Waals surface area contributed by atoms with Crippen molar-refractivity contribution in [2.24, 2.45) is 5.41 Å². The summed E-state index contributed by atoms with van der Waals surface area (Å²) in [4.78, 5) is 15.9. The Morgan fingerprint density at radius 1 is 1.26 bits per heavy atom. The molecule has 3 rings (SSSR count). The van der Waals surface area contributed by atoms with Crippen molar-refractivity contribution >= 4 is 17.2 Å². The predicted octanol–water partition coefficient (Wildman–Crippen LogP) is 3.42. The van der Waals surface area contributed by atoms with Gasteiger partial charge in [-0.2, -0.15) is 0 Å². The number of carbonyl (C=O) groups is 1. The van der Waals surface area contributed by atoms with Crippen molar-refractivity contribution in [1.29, 1.82) is 0 Å². The fourth-order valence-electron chi connectivity index (χ4n) is 3.56. The monoisotopic (exact) mass is 328 g/mol. The minimum Gasteiger partial charge on any atom is -0.348 e. The highest BCUT2D eigenvalue weighted by atomic mass is 32.1. The van der Waals surface area contributed by atoms with E-state index in [2.05, 4.69) is 47.1 Å². The molecule has 1 saturated heterocycles. The van der Waals surface area contributed by atoms with Crippen molar-refractivity contribution in [3.05, 3.63) is 47.3 Å². The number of hydrogen-bond donors (Lipinski definition) is 1. The maximum absolute atomic E-state index is 12.9. The van der Waals surface area contributed by atoms with E-state index in [0.717, 1.165) is 32.4 Å². The van der Waals surface area contributed by atoms with Crippen LogP contribution in [0.3, 0.4) is 0 Å². The molecule has 0 bridgehead atoms. The van der Waals surface area contributed by atoms with Crippen LogP contribution in [0.4, 0.5) is 0 Å². The molecule has 4 heteroatoms. The highest BCUT2D eigenvalue weighted by molar-refractivity contribution is 7.13. The lowest BCUT2D eigenvalue weighted by molar-refractivity contribution is -0.140. The standard InChI is InChI=1S/C19H24N2OS/c1-21(2)18(22)19(10-6-11-20-14-19)13-15-7-3-4-8-16(15)17-9-5-12-23-17/h3-5,7-9,12,20H,6,10-11,13-14H2,1-2H3. The van der Waals surface area contributed by atoms with Crippen LogP contribution in [-0.4, -0.2) is 38.0 Å². The lowest BCUT2D eigenvalue weighted by atomic mass is 9.74. The van der Waals surface area contributed by atoms with E-state index in [0.29, 0.717) is 0 Å². The summed E-state index contributed by atoms with van der Waals surface area (Å²) >= 11 is 1.75. The summed E-state index contributed by atoms with van der Waals surface area (Å²) < 4.78 is 0. The van der Waals surface area contributed by atoms with Crippen LogP contribution >= 0.6 is 11.3 Å². The molecule has 0 spiro atoms. The fourth-order valence-corrected chi connectivity index (χ4v) is 4.35. The summed E-state index contributed by atoms with van der Waals surface area (Å²) in [5.74, 6) is 0.241. The van der Waals surface area contributed by atoms with E-state index in [4.69, 9.17) is 0 Å². The number of amides is 1. The Balaban J connectivity index is 1.97. The number of benzene rings is 1. The maximum Gasteiger partial charge on any atom is 0.229 e. The normalized spacial score (nSPS) is 21.1. The molecule has 1 aromatic carbocycles. The van der Waals surface area contributed by atoms with Gasteiger partial charge in [-0.05, 0) is 48.4 Å². The average molecular weight is 328 g/mol. The van der Waals surface area contributed by atoms with Gasteiger partial charge in [0.25, 0.3) is 0 Å². The Kier molecular flexibility index (Phi) is 4.83. The maximum atomic E-state index is 12.9. The SMILES string of the molecule is CN(C)C(=O)C1(Cc2ccccc2-c2cccs2)CCCNC1. The molecule has 1 aliphatic rings. The van der Waals surface area contributed by atoms with Crippen molar-refractivity contribution in [1.82, 2.24) is 10.2 Å². The van der Waals surface area contributed by atoms with Crippen LogP contribution in [0.1, 0.15) is 18.4 Å². The fraction of sp³-hybridized carbons (Fsp3) is 0.421. The van der Waals surface area contributed by atoms with Crippen LogP contribution < -0.4 is 5.32 Å². The molecule has 1 atom stereocenters. The molecule has 0 radical (unpaired) electrons. The van der Waals surface area contributed by atoms with Gasteiger partial charge in [-0.1, -0.05) is 30.3 Å². The van der Waals surface area contributed by atoms with Crippen molar-refractivity contribution in [2.45, 2.75) is 19.3 Å². The van der Waals surface area contributed by atoms with E-state index in [1.165, 1.54) is 16.0 Å². The molecule has 122 valence electrons. The third-order valence-electron chi connectivity index (χ3n) is 4.66. The molecule has 2 aromatic rings. The van der Waals surface area contributed by atoms with Crippen molar-refractivity contribution in [2.75, 3.05) is 27.2 Å². The molecule has 0 saturated carbocycles. The first kappa shape index (κ1) is 16.2. The van der Waals surface area contributed by atoms with Gasteiger partial charge in [0.2, 0.25) is 5.91 Å². The Labute approximate surface area is 142 Å². The van der Waals surface area contributed by atoms with Gasteiger partial charge in [0.15, 0.2) is 0 Å². The zero-order chi connectivity index (χ0) is 16.3. The summed E-state index contributed by atoms with van der Waals surface area (Å²) in [6, 6.07) is 12.7. The first-order valence-corrected chi connectivity index (χ1v) is 9.05. The lowest BCUT2D eigenvalue weighted by Gasteiger charge is -2.38. The third-order valence-corrected chi connectivity index (χ3v) is 5.57. The molecular formula is C19H24N2OS.